The van der Waals surface area contributed by atoms with Crippen LogP contribution < -0.4 is 15.6 Å². The van der Waals surface area contributed by atoms with Gasteiger partial charge in [0.15, 0.2) is 28.5 Å². The van der Waals surface area contributed by atoms with Crippen LogP contribution in [0.15, 0.2) is 59.8 Å². The monoisotopic (exact) mass is 543 g/mol. The van der Waals surface area contributed by atoms with Gasteiger partial charge in [0.1, 0.15) is 12.2 Å². The van der Waals surface area contributed by atoms with Crippen molar-refractivity contribution in [1.82, 2.24) is 24.5 Å². The molecule has 196 valence electrons. The second-order valence-corrected chi connectivity index (χ2v) is 9.33. The van der Waals surface area contributed by atoms with Gasteiger partial charge >= 0.3 is 0 Å². The minimum absolute atomic E-state index is 0.0148. The first kappa shape index (κ1) is 25.9. The summed E-state index contributed by atoms with van der Waals surface area (Å²) < 4.78 is 21.8. The molecule has 0 fully saturated rings. The molecular formula is C28H23ClFN7O2. The first-order valence-electron chi connectivity index (χ1n) is 12.0. The van der Waals surface area contributed by atoms with Crippen LogP contribution in [0, 0.1) is 17.1 Å². The number of H-pyrrole nitrogens is 1. The number of nitriles is 1. The van der Waals surface area contributed by atoms with Crippen LogP contribution in [0.4, 0.5) is 10.2 Å². The number of nitrogens with zero attached hydrogens (tertiary/aromatic N) is 5. The van der Waals surface area contributed by atoms with Crippen LogP contribution in [0.2, 0.25) is 5.02 Å². The van der Waals surface area contributed by atoms with Gasteiger partial charge in [-0.25, -0.2) is 19.3 Å². The highest BCUT2D eigenvalue weighted by molar-refractivity contribution is 6.30. The number of aryl methyl sites for hydroxylation is 1. The molecule has 0 aliphatic rings. The summed E-state index contributed by atoms with van der Waals surface area (Å²) in [4.78, 5) is 28.1. The van der Waals surface area contributed by atoms with Crippen molar-refractivity contribution in [2.45, 2.75) is 19.4 Å². The fourth-order valence-corrected chi connectivity index (χ4v) is 4.53. The van der Waals surface area contributed by atoms with Gasteiger partial charge < -0.3 is 19.6 Å². The number of hydrogen-bond donors (Lipinski definition) is 2. The summed E-state index contributed by atoms with van der Waals surface area (Å²) in [6.45, 7) is 0.0148. The molecule has 39 heavy (non-hydrogen) atoms. The number of aromatic nitrogens is 5. The highest BCUT2D eigenvalue weighted by Gasteiger charge is 2.17. The van der Waals surface area contributed by atoms with Crippen molar-refractivity contribution in [3.8, 4) is 11.8 Å². The van der Waals surface area contributed by atoms with Gasteiger partial charge in [-0.1, -0.05) is 35.9 Å². The Morgan fingerprint density at radius 3 is 2.62 bits per heavy atom. The summed E-state index contributed by atoms with van der Waals surface area (Å²) in [5, 5.41) is 13.0. The summed E-state index contributed by atoms with van der Waals surface area (Å²) >= 11 is 6.01. The molecule has 0 saturated carbocycles. The molecule has 3 aromatic heterocycles. The molecule has 0 aliphatic carbocycles. The Hall–Kier alpha value is -4.75. The number of fused-ring (bicyclic) bond motifs is 1. The second-order valence-electron chi connectivity index (χ2n) is 8.90. The molecule has 2 N–H and O–H groups in total. The average molecular weight is 544 g/mol. The van der Waals surface area contributed by atoms with Crippen LogP contribution >= 0.6 is 11.6 Å². The zero-order valence-corrected chi connectivity index (χ0v) is 21.9. The smallest absolute Gasteiger partial charge is 0.251 e. The lowest BCUT2D eigenvalue weighted by molar-refractivity contribution is 0.384. The van der Waals surface area contributed by atoms with Crippen molar-refractivity contribution in [2.24, 2.45) is 7.05 Å². The Balaban J connectivity index is 1.36. The third-order valence-electron chi connectivity index (χ3n) is 6.45. The van der Waals surface area contributed by atoms with Gasteiger partial charge in [-0.2, -0.15) is 5.26 Å². The van der Waals surface area contributed by atoms with Crippen molar-refractivity contribution < 1.29 is 9.13 Å². The molecule has 0 unspecified atom stereocenters. The van der Waals surface area contributed by atoms with E-state index in [4.69, 9.17) is 21.3 Å². The Labute approximate surface area is 227 Å². The van der Waals surface area contributed by atoms with E-state index in [-0.39, 0.29) is 29.0 Å². The van der Waals surface area contributed by atoms with E-state index >= 15 is 0 Å². The highest BCUT2D eigenvalue weighted by Crippen LogP contribution is 2.26. The maximum atomic E-state index is 14.8. The predicted octanol–water partition coefficient (Wildman–Crippen LogP) is 4.52. The fraction of sp³-hybridized carbons (Fsp3) is 0.179. The molecule has 0 amide bonds. The first-order chi connectivity index (χ1) is 18.9. The van der Waals surface area contributed by atoms with Crippen molar-refractivity contribution in [3.05, 3.63) is 110 Å². The Morgan fingerprint density at radius 1 is 1.15 bits per heavy atom. The number of methoxy groups -OCH3 is 1. The molecule has 0 saturated heterocycles. The number of halogens is 2. The number of pyridine rings is 1. The number of anilines is 1. The maximum Gasteiger partial charge on any atom is 0.251 e. The van der Waals surface area contributed by atoms with Crippen molar-refractivity contribution in [3.63, 3.8) is 0 Å². The number of benzene rings is 2. The molecular weight excluding hydrogens is 521 g/mol. The molecule has 11 heteroatoms. The number of nitrogens with one attached hydrogen (secondary N) is 2. The number of rotatable bonds is 8. The molecule has 9 nitrogen and oxygen atoms in total. The lowest BCUT2D eigenvalue weighted by Gasteiger charge is -2.11. The number of hydrogen-bond acceptors (Lipinski definition) is 7. The Morgan fingerprint density at radius 2 is 1.90 bits per heavy atom. The first-order valence-corrected chi connectivity index (χ1v) is 12.4. The Kier molecular flexibility index (Phi) is 7.25. The average Bonchev–Trinajstić information content (AvgIpc) is 3.26. The van der Waals surface area contributed by atoms with Crippen molar-refractivity contribution in [2.75, 3.05) is 12.4 Å². The normalized spacial score (nSPS) is 10.9. The number of imidazole rings is 1. The van der Waals surface area contributed by atoms with Crippen molar-refractivity contribution in [1.29, 1.82) is 5.26 Å². The lowest BCUT2D eigenvalue weighted by atomic mass is 10.0. The minimum Gasteiger partial charge on any atom is -0.494 e. The molecule has 0 bridgehead atoms. The van der Waals surface area contributed by atoms with Gasteiger partial charge in [0.25, 0.3) is 5.56 Å². The van der Waals surface area contributed by atoms with E-state index in [0.29, 0.717) is 40.4 Å². The van der Waals surface area contributed by atoms with Crippen LogP contribution in [-0.2, 0) is 26.4 Å². The standard InChI is InChI=1S/C28H23ClFN7O2/c1-37-23(10-17-5-3-16(4-6-17)9-19-11-20(29)13-33-28(19)38)36-25-26(34-15-35-27(25)37)32-14-21-18(12-31)7-8-22(39-2)24(21)30/h3-8,11,13,15H,9-10,14H2,1-2H3,(H,33,38)(H,32,34,35). The Bertz CT molecular complexity index is 1770. The van der Waals surface area contributed by atoms with Gasteiger partial charge in [0, 0.05) is 43.8 Å². The van der Waals surface area contributed by atoms with Crippen LogP contribution in [-0.4, -0.2) is 31.6 Å². The largest absolute Gasteiger partial charge is 0.494 e. The predicted molar refractivity (Wildman–Crippen MR) is 145 cm³/mol. The topological polar surface area (TPSA) is 122 Å². The zero-order chi connectivity index (χ0) is 27.5. The highest BCUT2D eigenvalue weighted by atomic mass is 35.5. The second kappa shape index (κ2) is 10.9. The third-order valence-corrected chi connectivity index (χ3v) is 6.67. The molecule has 2 aromatic carbocycles. The number of aromatic amines is 1. The van der Waals surface area contributed by atoms with Gasteiger partial charge in [-0.05, 0) is 29.3 Å². The quantitative estimate of drug-likeness (QED) is 0.295. The van der Waals surface area contributed by atoms with Crippen LogP contribution in [0.5, 0.6) is 5.75 Å². The van der Waals surface area contributed by atoms with Gasteiger partial charge in [-0.3, -0.25) is 4.79 Å². The molecule has 0 atom stereocenters. The van der Waals surface area contributed by atoms with Crippen molar-refractivity contribution >= 4 is 28.6 Å². The molecule has 0 aliphatic heterocycles. The van der Waals surface area contributed by atoms with E-state index < -0.39 is 5.82 Å². The third kappa shape index (κ3) is 5.30. The van der Waals surface area contributed by atoms with E-state index in [9.17, 15) is 14.4 Å². The minimum atomic E-state index is -0.598. The van der Waals surface area contributed by atoms with E-state index in [2.05, 4.69) is 20.3 Å². The summed E-state index contributed by atoms with van der Waals surface area (Å²) in [5.74, 6) is 0.650. The molecule has 5 rings (SSSR count). The van der Waals surface area contributed by atoms with E-state index in [1.165, 1.54) is 31.8 Å². The summed E-state index contributed by atoms with van der Waals surface area (Å²) in [6.07, 6.45) is 3.89. The van der Waals surface area contributed by atoms with Gasteiger partial charge in [0.05, 0.1) is 23.8 Å². The number of ether oxygens (including phenoxy) is 1. The van der Waals surface area contributed by atoms with E-state index in [1.807, 2.05) is 41.9 Å². The van der Waals surface area contributed by atoms with Gasteiger partial charge in [-0.15, -0.1) is 0 Å². The van der Waals surface area contributed by atoms with Gasteiger partial charge in [0.2, 0.25) is 0 Å². The lowest BCUT2D eigenvalue weighted by Crippen LogP contribution is -2.11. The molecule has 3 heterocycles. The zero-order valence-electron chi connectivity index (χ0n) is 21.1. The maximum absolute atomic E-state index is 14.8. The molecule has 5 aromatic rings. The molecule has 0 radical (unpaired) electrons. The van der Waals surface area contributed by atoms with Crippen LogP contribution in [0.3, 0.4) is 0 Å². The van der Waals surface area contributed by atoms with Crippen LogP contribution in [0.1, 0.15) is 33.6 Å². The fourth-order valence-electron chi connectivity index (χ4n) is 4.35. The van der Waals surface area contributed by atoms with E-state index in [0.717, 1.165) is 17.0 Å². The SMILES string of the molecule is COc1ccc(C#N)c(CNc2ncnc3c2nc(Cc2ccc(Cc4cc(Cl)c[nH]c4=O)cc2)n3C)c1F. The summed E-state index contributed by atoms with van der Waals surface area (Å²) in [7, 11) is 3.25. The summed E-state index contributed by atoms with van der Waals surface area (Å²) in [6, 6.07) is 14.6. The van der Waals surface area contributed by atoms with Crippen LogP contribution in [0.25, 0.3) is 11.2 Å². The summed E-state index contributed by atoms with van der Waals surface area (Å²) in [5.41, 5.74) is 3.98. The van der Waals surface area contributed by atoms with E-state index in [1.54, 1.807) is 6.07 Å². The molecule has 0 spiro atoms.